The predicted molar refractivity (Wildman–Crippen MR) is 168 cm³/mol. The molecule has 2 aromatic heterocycles. The largest absolute Gasteiger partial charge is 0.346 e. The number of carbonyl (C=O) groups excluding carboxylic acids is 1. The first-order valence-corrected chi connectivity index (χ1v) is 13.8. The molecule has 0 aliphatic rings. The molecule has 0 unspecified atom stereocenters. The minimum atomic E-state index is -0.991. The fraction of sp³-hybridized carbons (Fsp3) is 0.0588. The molecule has 0 radical (unpaired) electrons. The Kier molecular flexibility index (Phi) is 8.04. The quantitative estimate of drug-likeness (QED) is 0.165. The average molecular weight is 588 g/mol. The maximum absolute atomic E-state index is 14.1. The molecule has 6 aromatic rings. The van der Waals surface area contributed by atoms with Crippen molar-refractivity contribution in [2.45, 2.75) is 13.1 Å². The van der Waals surface area contributed by atoms with E-state index in [1.165, 1.54) is 12.1 Å². The van der Waals surface area contributed by atoms with E-state index in [1.54, 1.807) is 29.1 Å². The van der Waals surface area contributed by atoms with Gasteiger partial charge in [0.05, 0.1) is 5.69 Å². The molecule has 0 saturated heterocycles. The molecular weight excluding hydrogens is 560 g/mol. The first kappa shape index (κ1) is 28.2. The second-order valence-electron chi connectivity index (χ2n) is 9.98. The number of carbonyl (C=O) groups is 1. The molecule has 2 heterocycles. The maximum Gasteiger partial charge on any atom is 0.247 e. The van der Waals surface area contributed by atoms with Crippen molar-refractivity contribution in [2.75, 3.05) is 15.5 Å². The number of hydrogen-bond acceptors (Lipinski definition) is 6. The second kappa shape index (κ2) is 12.5. The summed E-state index contributed by atoms with van der Waals surface area (Å²) in [6.45, 7) is 4.54. The van der Waals surface area contributed by atoms with E-state index in [9.17, 15) is 13.6 Å². The number of aromatic nitrogens is 4. The molecule has 0 saturated carbocycles. The third-order valence-corrected chi connectivity index (χ3v) is 6.86. The predicted octanol–water partition coefficient (Wildman–Crippen LogP) is 7.17. The van der Waals surface area contributed by atoms with Gasteiger partial charge in [-0.05, 0) is 47.5 Å². The lowest BCUT2D eigenvalue weighted by atomic mass is 10.1. The minimum absolute atomic E-state index is 0.169. The van der Waals surface area contributed by atoms with Crippen molar-refractivity contribution in [2.24, 2.45) is 0 Å². The van der Waals surface area contributed by atoms with Crippen LogP contribution in [0, 0.1) is 11.6 Å². The number of rotatable bonds is 10. The zero-order valence-corrected chi connectivity index (χ0v) is 23.5. The highest BCUT2D eigenvalue weighted by Crippen LogP contribution is 2.30. The SMILES string of the molecule is C=CC(=O)Nc1cccc(-n2cnc3c(N(Cc4ccccc4)Cc4ccccc4)nc(Nc4ccc(F)c(F)c4)nc32)c1. The molecule has 0 bridgehead atoms. The Morgan fingerprint density at radius 2 is 1.52 bits per heavy atom. The van der Waals surface area contributed by atoms with Crippen LogP contribution in [0.15, 0.2) is 122 Å². The summed E-state index contributed by atoms with van der Waals surface area (Å²) in [5.41, 5.74) is 4.68. The van der Waals surface area contributed by atoms with E-state index in [-0.39, 0.29) is 17.5 Å². The Hall–Kier alpha value is -5.90. The van der Waals surface area contributed by atoms with Gasteiger partial charge in [-0.3, -0.25) is 9.36 Å². The monoisotopic (exact) mass is 587 g/mol. The van der Waals surface area contributed by atoms with Crippen LogP contribution in [0.5, 0.6) is 0 Å². The average Bonchev–Trinajstić information content (AvgIpc) is 3.47. The van der Waals surface area contributed by atoms with Crippen LogP contribution in [-0.4, -0.2) is 25.4 Å². The first-order chi connectivity index (χ1) is 21.5. The van der Waals surface area contributed by atoms with Crippen molar-refractivity contribution < 1.29 is 13.6 Å². The van der Waals surface area contributed by atoms with E-state index in [0.717, 1.165) is 23.3 Å². The standard InChI is InChI=1S/C34H27F2N7O/c1-2-30(44)38-25-14-9-15-27(18-25)43-22-37-31-32(40-34(41-33(31)43)39-26-16-17-28(35)29(36)19-26)42(20-23-10-5-3-6-11-23)21-24-12-7-4-8-13-24/h2-19,22H,1,20-21H2,(H,38,44)(H,39,40,41). The molecule has 0 fully saturated rings. The van der Waals surface area contributed by atoms with Crippen LogP contribution < -0.4 is 15.5 Å². The van der Waals surface area contributed by atoms with Crippen molar-refractivity contribution in [3.8, 4) is 5.69 Å². The van der Waals surface area contributed by atoms with Gasteiger partial charge in [-0.2, -0.15) is 9.97 Å². The lowest BCUT2D eigenvalue weighted by Gasteiger charge is -2.25. The Balaban J connectivity index is 1.50. The van der Waals surface area contributed by atoms with Gasteiger partial charge in [-0.15, -0.1) is 0 Å². The molecule has 218 valence electrons. The third-order valence-electron chi connectivity index (χ3n) is 6.86. The highest BCUT2D eigenvalue weighted by atomic mass is 19.2. The molecule has 0 aliphatic carbocycles. The molecule has 0 atom stereocenters. The Labute approximate surface area is 252 Å². The summed E-state index contributed by atoms with van der Waals surface area (Å²) in [6, 6.07) is 30.7. The molecule has 0 aliphatic heterocycles. The maximum atomic E-state index is 14.1. The summed E-state index contributed by atoms with van der Waals surface area (Å²) in [4.78, 5) is 28.4. The van der Waals surface area contributed by atoms with Gasteiger partial charge in [-0.1, -0.05) is 73.3 Å². The molecular formula is C34H27F2N7O. The van der Waals surface area contributed by atoms with E-state index < -0.39 is 11.6 Å². The highest BCUT2D eigenvalue weighted by molar-refractivity contribution is 5.99. The normalized spacial score (nSPS) is 10.9. The van der Waals surface area contributed by atoms with Gasteiger partial charge in [0, 0.05) is 30.5 Å². The second-order valence-corrected chi connectivity index (χ2v) is 9.98. The van der Waals surface area contributed by atoms with Gasteiger partial charge in [0.1, 0.15) is 6.33 Å². The molecule has 1 amide bonds. The number of fused-ring (bicyclic) bond motifs is 1. The van der Waals surface area contributed by atoms with E-state index >= 15 is 0 Å². The van der Waals surface area contributed by atoms with Crippen LogP contribution in [0.1, 0.15) is 11.1 Å². The van der Waals surface area contributed by atoms with E-state index in [4.69, 9.17) is 15.0 Å². The summed E-state index contributed by atoms with van der Waals surface area (Å²) >= 11 is 0. The zero-order valence-electron chi connectivity index (χ0n) is 23.5. The highest BCUT2D eigenvalue weighted by Gasteiger charge is 2.21. The van der Waals surface area contributed by atoms with Crippen LogP contribution >= 0.6 is 0 Å². The number of nitrogens with one attached hydrogen (secondary N) is 2. The number of amides is 1. The number of hydrogen-bond donors (Lipinski definition) is 2. The smallest absolute Gasteiger partial charge is 0.247 e. The third kappa shape index (κ3) is 6.29. The van der Waals surface area contributed by atoms with Crippen LogP contribution in [0.3, 0.4) is 0 Å². The summed E-state index contributed by atoms with van der Waals surface area (Å²) < 4.78 is 29.6. The van der Waals surface area contributed by atoms with Crippen molar-refractivity contribution in [1.29, 1.82) is 0 Å². The van der Waals surface area contributed by atoms with Crippen LogP contribution in [0.25, 0.3) is 16.9 Å². The van der Waals surface area contributed by atoms with Crippen LogP contribution in [-0.2, 0) is 17.9 Å². The van der Waals surface area contributed by atoms with Gasteiger partial charge in [0.15, 0.2) is 28.6 Å². The fourth-order valence-electron chi connectivity index (χ4n) is 4.79. The van der Waals surface area contributed by atoms with Crippen LogP contribution in [0.2, 0.25) is 0 Å². The Bertz CT molecular complexity index is 1900. The van der Waals surface area contributed by atoms with E-state index in [1.807, 2.05) is 66.7 Å². The Morgan fingerprint density at radius 1 is 0.818 bits per heavy atom. The van der Waals surface area contributed by atoms with Crippen molar-refractivity contribution in [3.63, 3.8) is 0 Å². The number of benzene rings is 4. The topological polar surface area (TPSA) is 88.0 Å². The zero-order chi connectivity index (χ0) is 30.5. The van der Waals surface area contributed by atoms with Crippen molar-refractivity contribution in [1.82, 2.24) is 19.5 Å². The number of imidazole rings is 1. The first-order valence-electron chi connectivity index (χ1n) is 13.8. The van der Waals surface area contributed by atoms with Crippen molar-refractivity contribution in [3.05, 3.63) is 145 Å². The van der Waals surface area contributed by atoms with Crippen molar-refractivity contribution >= 4 is 40.2 Å². The summed E-state index contributed by atoms with van der Waals surface area (Å²) in [6.07, 6.45) is 2.84. The van der Waals surface area contributed by atoms with Gasteiger partial charge < -0.3 is 15.5 Å². The lowest BCUT2D eigenvalue weighted by Crippen LogP contribution is -2.24. The number of halogens is 2. The summed E-state index contributed by atoms with van der Waals surface area (Å²) in [5.74, 6) is -1.57. The number of anilines is 4. The molecule has 4 aromatic carbocycles. The van der Waals surface area contributed by atoms with E-state index in [0.29, 0.717) is 41.4 Å². The fourth-order valence-corrected chi connectivity index (χ4v) is 4.79. The minimum Gasteiger partial charge on any atom is -0.346 e. The molecule has 0 spiro atoms. The lowest BCUT2D eigenvalue weighted by molar-refractivity contribution is -0.111. The summed E-state index contributed by atoms with van der Waals surface area (Å²) in [7, 11) is 0. The molecule has 44 heavy (non-hydrogen) atoms. The van der Waals surface area contributed by atoms with Gasteiger partial charge in [0.2, 0.25) is 11.9 Å². The number of nitrogens with zero attached hydrogens (tertiary/aromatic N) is 5. The van der Waals surface area contributed by atoms with Gasteiger partial charge in [0.25, 0.3) is 0 Å². The van der Waals surface area contributed by atoms with Crippen LogP contribution in [0.4, 0.5) is 31.9 Å². The summed E-state index contributed by atoms with van der Waals surface area (Å²) in [5, 5.41) is 5.81. The molecule has 8 nitrogen and oxygen atoms in total. The van der Waals surface area contributed by atoms with Gasteiger partial charge >= 0.3 is 0 Å². The van der Waals surface area contributed by atoms with Gasteiger partial charge in [-0.25, -0.2) is 13.8 Å². The molecule has 10 heteroatoms. The Morgan fingerprint density at radius 3 is 2.18 bits per heavy atom. The molecule has 2 N–H and O–H groups in total. The van der Waals surface area contributed by atoms with E-state index in [2.05, 4.69) is 22.1 Å². The molecule has 6 rings (SSSR count).